The molecule has 2 aromatic carbocycles. The van der Waals surface area contributed by atoms with Gasteiger partial charge in [0.25, 0.3) is 5.56 Å². The first-order chi connectivity index (χ1) is 12.8. The third-order valence-electron chi connectivity index (χ3n) is 4.48. The third-order valence-corrected chi connectivity index (χ3v) is 4.48. The van der Waals surface area contributed by atoms with Crippen LogP contribution in [0.2, 0.25) is 0 Å². The van der Waals surface area contributed by atoms with E-state index in [1.807, 2.05) is 43.3 Å². The molecule has 0 amide bonds. The van der Waals surface area contributed by atoms with Crippen LogP contribution < -0.4 is 10.5 Å². The average molecular weight is 364 g/mol. The van der Waals surface area contributed by atoms with E-state index in [0.29, 0.717) is 16.8 Å². The fourth-order valence-corrected chi connectivity index (χ4v) is 3.02. The summed E-state index contributed by atoms with van der Waals surface area (Å²) < 4.78 is 1.36. The number of benzene rings is 2. The highest BCUT2D eigenvalue weighted by Crippen LogP contribution is 2.33. The van der Waals surface area contributed by atoms with Crippen molar-refractivity contribution in [3.8, 4) is 28.1 Å². The first-order valence-electron chi connectivity index (χ1n) is 8.34. The number of phenolic OH excluding ortho intramolecular Hbond substituents is 1. The van der Waals surface area contributed by atoms with Crippen molar-refractivity contribution in [2.75, 3.05) is 19.0 Å². The van der Waals surface area contributed by atoms with Crippen molar-refractivity contribution >= 4 is 11.7 Å². The molecule has 0 aliphatic rings. The molecule has 0 spiro atoms. The number of aromatic hydroxyl groups is 1. The largest absolute Gasteiger partial charge is 0.508 e. The minimum absolute atomic E-state index is 0.110. The summed E-state index contributed by atoms with van der Waals surface area (Å²) in [6.45, 7) is 0. The lowest BCUT2D eigenvalue weighted by Gasteiger charge is -2.18. The van der Waals surface area contributed by atoms with Crippen molar-refractivity contribution in [3.05, 3.63) is 70.5 Å². The van der Waals surface area contributed by atoms with Crippen molar-refractivity contribution in [2.45, 2.75) is 0 Å². The standard InChI is InChI=1S/C21H20N2O4/c1-22(2)15-8-4-14(5-9-15)19-17(13-6-10-16(24)11-7-13)12-18(21(26)27)20(25)23(19)3/h4-12,24H,1-3H3,(H,26,27). The average Bonchev–Trinajstić information content (AvgIpc) is 2.64. The van der Waals surface area contributed by atoms with Gasteiger partial charge in [-0.15, -0.1) is 0 Å². The number of nitrogens with zero attached hydrogens (tertiary/aromatic N) is 2. The molecule has 1 heterocycles. The molecule has 0 fully saturated rings. The predicted molar refractivity (Wildman–Crippen MR) is 106 cm³/mol. The van der Waals surface area contributed by atoms with Crippen LogP contribution in [0, 0.1) is 0 Å². The summed E-state index contributed by atoms with van der Waals surface area (Å²) in [5.41, 5.74) is 2.86. The van der Waals surface area contributed by atoms with Crippen LogP contribution in [0.15, 0.2) is 59.4 Å². The summed E-state index contributed by atoms with van der Waals surface area (Å²) in [5, 5.41) is 19.0. The van der Waals surface area contributed by atoms with Crippen LogP contribution in [0.1, 0.15) is 10.4 Å². The molecular formula is C21H20N2O4. The summed E-state index contributed by atoms with van der Waals surface area (Å²) in [7, 11) is 5.44. The van der Waals surface area contributed by atoms with Crippen molar-refractivity contribution in [1.82, 2.24) is 4.57 Å². The smallest absolute Gasteiger partial charge is 0.341 e. The van der Waals surface area contributed by atoms with Gasteiger partial charge in [-0.3, -0.25) is 4.79 Å². The van der Waals surface area contributed by atoms with E-state index in [4.69, 9.17) is 0 Å². The number of hydrogen-bond donors (Lipinski definition) is 2. The van der Waals surface area contributed by atoms with Gasteiger partial charge in [0.2, 0.25) is 0 Å². The quantitative estimate of drug-likeness (QED) is 0.743. The Bertz CT molecular complexity index is 1050. The van der Waals surface area contributed by atoms with E-state index >= 15 is 0 Å². The van der Waals surface area contributed by atoms with Gasteiger partial charge in [-0.1, -0.05) is 24.3 Å². The molecule has 138 valence electrons. The molecule has 1 aromatic heterocycles. The zero-order valence-corrected chi connectivity index (χ0v) is 15.3. The van der Waals surface area contributed by atoms with E-state index in [1.54, 1.807) is 19.2 Å². The molecular weight excluding hydrogens is 344 g/mol. The lowest BCUT2D eigenvalue weighted by atomic mass is 9.97. The zero-order valence-electron chi connectivity index (χ0n) is 15.3. The Morgan fingerprint density at radius 2 is 1.52 bits per heavy atom. The number of carbonyl (C=O) groups is 1. The van der Waals surface area contributed by atoms with Gasteiger partial charge >= 0.3 is 5.97 Å². The lowest BCUT2D eigenvalue weighted by Crippen LogP contribution is -2.26. The molecule has 6 heteroatoms. The Morgan fingerprint density at radius 1 is 0.963 bits per heavy atom. The van der Waals surface area contributed by atoms with Crippen LogP contribution in [0.25, 0.3) is 22.4 Å². The second kappa shape index (κ2) is 6.99. The molecule has 27 heavy (non-hydrogen) atoms. The maximum atomic E-state index is 12.6. The van der Waals surface area contributed by atoms with E-state index in [1.165, 1.54) is 22.8 Å². The Balaban J connectivity index is 2.31. The number of hydrogen-bond acceptors (Lipinski definition) is 4. The van der Waals surface area contributed by atoms with E-state index in [2.05, 4.69) is 0 Å². The van der Waals surface area contributed by atoms with E-state index in [0.717, 1.165) is 11.3 Å². The van der Waals surface area contributed by atoms with Crippen LogP contribution in [0.5, 0.6) is 5.75 Å². The fourth-order valence-electron chi connectivity index (χ4n) is 3.02. The molecule has 0 saturated heterocycles. The van der Waals surface area contributed by atoms with Crippen molar-refractivity contribution in [1.29, 1.82) is 0 Å². The Morgan fingerprint density at radius 3 is 2.04 bits per heavy atom. The number of pyridine rings is 1. The predicted octanol–water partition coefficient (Wildman–Crippen LogP) is 3.19. The number of carboxylic acids is 1. The maximum Gasteiger partial charge on any atom is 0.341 e. The highest BCUT2D eigenvalue weighted by atomic mass is 16.4. The van der Waals surface area contributed by atoms with Gasteiger partial charge < -0.3 is 19.7 Å². The number of carboxylic acid groups (broad SMARTS) is 1. The molecule has 0 saturated carbocycles. The second-order valence-corrected chi connectivity index (χ2v) is 6.48. The molecule has 0 bridgehead atoms. The summed E-state index contributed by atoms with van der Waals surface area (Å²) in [6, 6.07) is 15.5. The van der Waals surface area contributed by atoms with Gasteiger partial charge in [-0.05, 0) is 41.5 Å². The topological polar surface area (TPSA) is 82.8 Å². The molecule has 0 aliphatic carbocycles. The van der Waals surface area contributed by atoms with E-state index in [9.17, 15) is 19.8 Å². The zero-order chi connectivity index (χ0) is 19.7. The van der Waals surface area contributed by atoms with Crippen LogP contribution in [0.3, 0.4) is 0 Å². The fraction of sp³-hybridized carbons (Fsp3) is 0.143. The number of aromatic carboxylic acids is 1. The summed E-state index contributed by atoms with van der Waals surface area (Å²) in [4.78, 5) is 26.0. The second-order valence-electron chi connectivity index (χ2n) is 6.48. The summed E-state index contributed by atoms with van der Waals surface area (Å²) >= 11 is 0. The monoisotopic (exact) mass is 364 g/mol. The number of anilines is 1. The van der Waals surface area contributed by atoms with Gasteiger partial charge in [0.1, 0.15) is 11.3 Å². The Labute approximate surface area is 156 Å². The molecule has 6 nitrogen and oxygen atoms in total. The van der Waals surface area contributed by atoms with E-state index in [-0.39, 0.29) is 11.3 Å². The highest BCUT2D eigenvalue weighted by molar-refractivity contribution is 5.92. The number of rotatable bonds is 4. The van der Waals surface area contributed by atoms with E-state index < -0.39 is 11.5 Å². The molecule has 0 atom stereocenters. The number of phenols is 1. The first kappa shape index (κ1) is 18.3. The van der Waals surface area contributed by atoms with Gasteiger partial charge in [0.05, 0.1) is 5.69 Å². The molecule has 3 rings (SSSR count). The highest BCUT2D eigenvalue weighted by Gasteiger charge is 2.19. The minimum atomic E-state index is -1.27. The van der Waals surface area contributed by atoms with Crippen molar-refractivity contribution < 1.29 is 15.0 Å². The van der Waals surface area contributed by atoms with Crippen LogP contribution >= 0.6 is 0 Å². The molecule has 3 aromatic rings. The molecule has 0 aliphatic heterocycles. The van der Waals surface area contributed by atoms with Crippen LogP contribution in [-0.4, -0.2) is 34.8 Å². The Hall–Kier alpha value is -3.54. The van der Waals surface area contributed by atoms with Crippen molar-refractivity contribution in [3.63, 3.8) is 0 Å². The maximum absolute atomic E-state index is 12.6. The normalized spacial score (nSPS) is 10.6. The molecule has 0 unspecified atom stereocenters. The first-order valence-corrected chi connectivity index (χ1v) is 8.34. The summed E-state index contributed by atoms with van der Waals surface area (Å²) in [6.07, 6.45) is 0. The van der Waals surface area contributed by atoms with Gasteiger partial charge in [0.15, 0.2) is 0 Å². The Kier molecular flexibility index (Phi) is 4.73. The third kappa shape index (κ3) is 3.42. The lowest BCUT2D eigenvalue weighted by molar-refractivity contribution is 0.0694. The van der Waals surface area contributed by atoms with Crippen LogP contribution in [-0.2, 0) is 7.05 Å². The van der Waals surface area contributed by atoms with Gasteiger partial charge in [0, 0.05) is 32.4 Å². The van der Waals surface area contributed by atoms with Gasteiger partial charge in [-0.2, -0.15) is 0 Å². The van der Waals surface area contributed by atoms with Crippen LogP contribution in [0.4, 0.5) is 5.69 Å². The molecule has 2 N–H and O–H groups in total. The van der Waals surface area contributed by atoms with Gasteiger partial charge in [-0.25, -0.2) is 4.79 Å². The SMILES string of the molecule is CN(C)c1ccc(-c2c(-c3ccc(O)cc3)cc(C(=O)O)c(=O)n2C)cc1. The van der Waals surface area contributed by atoms with Crippen molar-refractivity contribution in [2.24, 2.45) is 7.05 Å². The number of aromatic nitrogens is 1. The summed E-state index contributed by atoms with van der Waals surface area (Å²) in [5.74, 6) is -1.16. The molecule has 0 radical (unpaired) electrons. The minimum Gasteiger partial charge on any atom is -0.508 e.